The van der Waals surface area contributed by atoms with E-state index in [1.165, 1.54) is 6.07 Å². The van der Waals surface area contributed by atoms with Gasteiger partial charge in [-0.05, 0) is 39.8 Å². The number of piperazine rings is 1. The highest BCUT2D eigenvalue weighted by Crippen LogP contribution is 2.30. The van der Waals surface area contributed by atoms with Gasteiger partial charge in [-0.1, -0.05) is 0 Å². The van der Waals surface area contributed by atoms with E-state index >= 15 is 0 Å². The van der Waals surface area contributed by atoms with Gasteiger partial charge in [0.15, 0.2) is 11.5 Å². The predicted molar refractivity (Wildman–Crippen MR) is 123 cm³/mol. The number of fused-ring (bicyclic) bond motifs is 2. The van der Waals surface area contributed by atoms with E-state index in [2.05, 4.69) is 44.3 Å². The molecule has 2 atom stereocenters. The molecule has 1 amide bonds. The number of rotatable bonds is 3. The van der Waals surface area contributed by atoms with Crippen molar-refractivity contribution in [2.24, 2.45) is 0 Å². The molecule has 0 aliphatic carbocycles. The number of aromatic amines is 1. The second-order valence-electron chi connectivity index (χ2n) is 8.70. The number of nitrogens with one attached hydrogen (secondary N) is 3. The fourth-order valence-electron chi connectivity index (χ4n) is 4.61. The van der Waals surface area contributed by atoms with E-state index in [1.807, 2.05) is 13.0 Å². The molecule has 0 bridgehead atoms. The molecular formula is C23H26FN7O. The van der Waals surface area contributed by atoms with Gasteiger partial charge in [-0.15, -0.1) is 0 Å². The molecule has 0 spiro atoms. The smallest absolute Gasteiger partial charge is 0.257 e. The number of amides is 1. The topological polar surface area (TPSA) is 90.3 Å². The molecule has 166 valence electrons. The summed E-state index contributed by atoms with van der Waals surface area (Å²) in [5.74, 6) is -0.0984. The fraction of sp³-hybridized carbons (Fsp3) is 0.348. The fourth-order valence-corrected chi connectivity index (χ4v) is 4.61. The molecule has 2 unspecified atom stereocenters. The van der Waals surface area contributed by atoms with Crippen molar-refractivity contribution >= 4 is 34.0 Å². The Kier molecular flexibility index (Phi) is 4.85. The SMILES string of the molecule is Cc1cn2cc(NC(=O)c3ccc(N4CC(C)NC(C)C4)c4[nH]c(C)nc34)cc(F)c2n1. The number of hydrogen-bond acceptors (Lipinski definition) is 5. The summed E-state index contributed by atoms with van der Waals surface area (Å²) in [6.07, 6.45) is 3.37. The molecule has 9 heteroatoms. The summed E-state index contributed by atoms with van der Waals surface area (Å²) in [6, 6.07) is 5.75. The molecule has 3 aromatic heterocycles. The van der Waals surface area contributed by atoms with Gasteiger partial charge in [0.2, 0.25) is 0 Å². The van der Waals surface area contributed by atoms with Crippen LogP contribution in [0.1, 0.15) is 35.7 Å². The normalized spacial score (nSPS) is 19.1. The highest BCUT2D eigenvalue weighted by atomic mass is 19.1. The van der Waals surface area contributed by atoms with Gasteiger partial charge in [-0.3, -0.25) is 4.79 Å². The van der Waals surface area contributed by atoms with E-state index in [4.69, 9.17) is 0 Å². The number of benzene rings is 1. The molecule has 1 aliphatic heterocycles. The monoisotopic (exact) mass is 435 g/mol. The van der Waals surface area contributed by atoms with Gasteiger partial charge in [0.25, 0.3) is 5.91 Å². The summed E-state index contributed by atoms with van der Waals surface area (Å²) in [6.45, 7) is 9.73. The molecule has 0 saturated carbocycles. The van der Waals surface area contributed by atoms with Crippen molar-refractivity contribution in [2.75, 3.05) is 23.3 Å². The second-order valence-corrected chi connectivity index (χ2v) is 8.70. The zero-order valence-corrected chi connectivity index (χ0v) is 18.5. The molecule has 0 radical (unpaired) electrons. The molecule has 8 nitrogen and oxygen atoms in total. The number of halogens is 1. The molecular weight excluding hydrogens is 409 g/mol. The maximum Gasteiger partial charge on any atom is 0.257 e. The zero-order valence-electron chi connectivity index (χ0n) is 18.5. The Morgan fingerprint density at radius 1 is 1.16 bits per heavy atom. The number of carbonyl (C=O) groups excluding carboxylic acids is 1. The molecule has 1 aromatic carbocycles. The van der Waals surface area contributed by atoms with Crippen LogP contribution in [0.4, 0.5) is 15.8 Å². The number of imidazole rings is 2. The van der Waals surface area contributed by atoms with Crippen LogP contribution in [0.3, 0.4) is 0 Å². The van der Waals surface area contributed by atoms with E-state index in [-0.39, 0.29) is 11.6 Å². The lowest BCUT2D eigenvalue weighted by Crippen LogP contribution is -2.54. The first kappa shape index (κ1) is 20.4. The maximum atomic E-state index is 14.4. The van der Waals surface area contributed by atoms with E-state index < -0.39 is 5.82 Å². The summed E-state index contributed by atoms with van der Waals surface area (Å²) in [5, 5.41) is 6.35. The summed E-state index contributed by atoms with van der Waals surface area (Å²) < 4.78 is 16.0. The lowest BCUT2D eigenvalue weighted by molar-refractivity contribution is 0.102. The summed E-state index contributed by atoms with van der Waals surface area (Å²) in [4.78, 5) is 27.5. The minimum Gasteiger partial charge on any atom is -0.367 e. The van der Waals surface area contributed by atoms with Crippen LogP contribution in [0.5, 0.6) is 0 Å². The first-order chi connectivity index (χ1) is 15.3. The number of nitrogens with zero attached hydrogens (tertiary/aromatic N) is 4. The average molecular weight is 436 g/mol. The highest BCUT2D eigenvalue weighted by Gasteiger charge is 2.25. The Morgan fingerprint density at radius 2 is 1.91 bits per heavy atom. The van der Waals surface area contributed by atoms with Crippen molar-refractivity contribution in [1.29, 1.82) is 0 Å². The van der Waals surface area contributed by atoms with Crippen LogP contribution in [0, 0.1) is 19.7 Å². The first-order valence-electron chi connectivity index (χ1n) is 10.7. The van der Waals surface area contributed by atoms with Crippen LogP contribution >= 0.6 is 0 Å². The minimum absolute atomic E-state index is 0.231. The molecule has 1 aliphatic rings. The number of pyridine rings is 1. The third-order valence-corrected chi connectivity index (χ3v) is 5.77. The van der Waals surface area contributed by atoms with E-state index in [1.54, 1.807) is 29.8 Å². The van der Waals surface area contributed by atoms with Gasteiger partial charge < -0.3 is 24.9 Å². The van der Waals surface area contributed by atoms with Gasteiger partial charge in [-0.2, -0.15) is 0 Å². The average Bonchev–Trinajstić information content (AvgIpc) is 3.28. The zero-order chi connectivity index (χ0) is 22.6. The third-order valence-electron chi connectivity index (χ3n) is 5.77. The predicted octanol–water partition coefficient (Wildman–Crippen LogP) is 3.41. The van der Waals surface area contributed by atoms with Crippen LogP contribution in [-0.4, -0.2) is 50.4 Å². The van der Waals surface area contributed by atoms with Crippen molar-refractivity contribution in [3.8, 4) is 0 Å². The number of aromatic nitrogens is 4. The number of hydrogen-bond donors (Lipinski definition) is 3. The Labute approximate surface area is 184 Å². The van der Waals surface area contributed by atoms with Gasteiger partial charge in [0.05, 0.1) is 28.1 Å². The molecule has 5 rings (SSSR count). The summed E-state index contributed by atoms with van der Waals surface area (Å²) in [7, 11) is 0. The number of aryl methyl sites for hydroxylation is 2. The van der Waals surface area contributed by atoms with Crippen molar-refractivity contribution in [3.63, 3.8) is 0 Å². The quantitative estimate of drug-likeness (QED) is 0.459. The van der Waals surface area contributed by atoms with Crippen molar-refractivity contribution in [2.45, 2.75) is 39.8 Å². The second kappa shape index (κ2) is 7.59. The number of H-pyrrole nitrogens is 1. The molecule has 3 N–H and O–H groups in total. The largest absolute Gasteiger partial charge is 0.367 e. The molecule has 32 heavy (non-hydrogen) atoms. The third kappa shape index (κ3) is 3.58. The molecule has 4 heterocycles. The highest BCUT2D eigenvalue weighted by molar-refractivity contribution is 6.13. The minimum atomic E-state index is -0.492. The van der Waals surface area contributed by atoms with Crippen molar-refractivity contribution in [1.82, 2.24) is 24.7 Å². The number of carbonyl (C=O) groups is 1. The Hall–Kier alpha value is -3.46. The van der Waals surface area contributed by atoms with Crippen LogP contribution in [0.15, 0.2) is 30.6 Å². The van der Waals surface area contributed by atoms with E-state index in [9.17, 15) is 9.18 Å². The lowest BCUT2D eigenvalue weighted by Gasteiger charge is -2.37. The molecule has 1 saturated heterocycles. The van der Waals surface area contributed by atoms with Crippen LogP contribution in [-0.2, 0) is 0 Å². The van der Waals surface area contributed by atoms with Gasteiger partial charge >= 0.3 is 0 Å². The van der Waals surface area contributed by atoms with E-state index in [0.717, 1.165) is 30.1 Å². The molecule has 1 fully saturated rings. The van der Waals surface area contributed by atoms with Crippen LogP contribution in [0.25, 0.3) is 16.7 Å². The molecule has 4 aromatic rings. The summed E-state index contributed by atoms with van der Waals surface area (Å²) >= 11 is 0. The Morgan fingerprint density at radius 3 is 2.66 bits per heavy atom. The van der Waals surface area contributed by atoms with Gasteiger partial charge in [-0.25, -0.2) is 14.4 Å². The van der Waals surface area contributed by atoms with Gasteiger partial charge in [0, 0.05) is 43.6 Å². The van der Waals surface area contributed by atoms with Crippen LogP contribution < -0.4 is 15.5 Å². The Balaban J connectivity index is 1.50. The first-order valence-corrected chi connectivity index (χ1v) is 10.7. The van der Waals surface area contributed by atoms with E-state index in [0.29, 0.717) is 34.5 Å². The van der Waals surface area contributed by atoms with Crippen LogP contribution in [0.2, 0.25) is 0 Å². The summed E-state index contributed by atoms with van der Waals surface area (Å²) in [5.41, 5.74) is 4.19. The Bertz CT molecular complexity index is 1330. The van der Waals surface area contributed by atoms with Crippen molar-refractivity contribution in [3.05, 3.63) is 53.5 Å². The maximum absolute atomic E-state index is 14.4. The number of anilines is 2. The standard InChI is InChI=1S/C23H26FN7O/c1-12-8-30(9-13(2)25-12)19-6-5-17(20-21(19)28-15(4)27-20)23(32)29-16-7-18(24)22-26-14(3)10-31(22)11-16/h5-7,10-13,25H,8-9H2,1-4H3,(H,27,28)(H,29,32). The lowest BCUT2D eigenvalue weighted by atomic mass is 10.1. The van der Waals surface area contributed by atoms with Gasteiger partial charge in [0.1, 0.15) is 11.3 Å². The van der Waals surface area contributed by atoms with Crippen molar-refractivity contribution < 1.29 is 9.18 Å².